The first-order chi connectivity index (χ1) is 18.4. The number of rotatable bonds is 9. The van der Waals surface area contributed by atoms with Crippen molar-refractivity contribution < 1.29 is 29.0 Å². The normalized spacial score (nSPS) is 10.5. The number of para-hydroxylation sites is 2. The van der Waals surface area contributed by atoms with Crippen LogP contribution in [0, 0.1) is 0 Å². The zero-order chi connectivity index (χ0) is 27.1. The van der Waals surface area contributed by atoms with E-state index < -0.39 is 17.9 Å². The van der Waals surface area contributed by atoms with Crippen LogP contribution in [0.4, 0.5) is 16.2 Å². The van der Waals surface area contributed by atoms with Crippen LogP contribution in [0.15, 0.2) is 66.9 Å². The second kappa shape index (κ2) is 11.7. The summed E-state index contributed by atoms with van der Waals surface area (Å²) >= 11 is 0. The van der Waals surface area contributed by atoms with Crippen molar-refractivity contribution in [3.63, 3.8) is 0 Å². The van der Waals surface area contributed by atoms with Crippen LogP contribution in [0.25, 0.3) is 11.0 Å². The Kier molecular flexibility index (Phi) is 7.97. The Bertz CT molecular complexity index is 1490. The van der Waals surface area contributed by atoms with Crippen LogP contribution in [-0.2, 0) is 6.42 Å². The second-order valence-corrected chi connectivity index (χ2v) is 8.08. The molecule has 0 aliphatic rings. The molecule has 4 rings (SSSR count). The summed E-state index contributed by atoms with van der Waals surface area (Å²) in [6.07, 6.45) is 0.787. The molecule has 0 saturated carbocycles. The highest BCUT2D eigenvalue weighted by atomic mass is 16.5. The summed E-state index contributed by atoms with van der Waals surface area (Å²) in [7, 11) is 2.89. The molecule has 11 heteroatoms. The van der Waals surface area contributed by atoms with Gasteiger partial charge < -0.3 is 30.5 Å². The predicted octanol–water partition coefficient (Wildman–Crippen LogP) is 3.96. The SMILES string of the molecule is COc1cc(NC(=O)c2cnc3ccccc3n2)c(C(=O)Nc2ccc(CCNC(=O)O)cc2)cc1OC. The fourth-order valence-corrected chi connectivity index (χ4v) is 3.69. The van der Waals surface area contributed by atoms with Gasteiger partial charge in [0.2, 0.25) is 0 Å². The van der Waals surface area contributed by atoms with E-state index in [1.807, 2.05) is 6.07 Å². The molecule has 1 heterocycles. The van der Waals surface area contributed by atoms with Crippen LogP contribution >= 0.6 is 0 Å². The third-order valence-corrected chi connectivity index (χ3v) is 5.60. The van der Waals surface area contributed by atoms with Crippen molar-refractivity contribution in [3.05, 3.63) is 83.7 Å². The number of methoxy groups -OCH3 is 2. The average molecular weight is 516 g/mol. The number of nitrogens with zero attached hydrogens (tertiary/aromatic N) is 2. The van der Waals surface area contributed by atoms with Gasteiger partial charge in [0.15, 0.2) is 11.5 Å². The van der Waals surface area contributed by atoms with Crippen LogP contribution in [0.1, 0.15) is 26.4 Å². The molecule has 0 spiro atoms. The number of fused-ring (bicyclic) bond motifs is 1. The molecule has 1 aromatic heterocycles. The molecule has 0 radical (unpaired) electrons. The number of aromatic nitrogens is 2. The first-order valence-corrected chi connectivity index (χ1v) is 11.5. The topological polar surface area (TPSA) is 152 Å². The Morgan fingerprint density at radius 3 is 2.24 bits per heavy atom. The van der Waals surface area contributed by atoms with Crippen molar-refractivity contribution in [3.8, 4) is 11.5 Å². The summed E-state index contributed by atoms with van der Waals surface area (Å²) < 4.78 is 10.7. The molecule has 11 nitrogen and oxygen atoms in total. The fraction of sp³-hybridized carbons (Fsp3) is 0.148. The molecule has 3 aromatic carbocycles. The molecule has 38 heavy (non-hydrogen) atoms. The van der Waals surface area contributed by atoms with Crippen molar-refractivity contribution in [2.24, 2.45) is 0 Å². The number of hydrogen-bond donors (Lipinski definition) is 4. The van der Waals surface area contributed by atoms with Crippen molar-refractivity contribution >= 4 is 40.3 Å². The number of amides is 3. The third-order valence-electron chi connectivity index (χ3n) is 5.60. The van der Waals surface area contributed by atoms with Gasteiger partial charge in [-0.1, -0.05) is 24.3 Å². The van der Waals surface area contributed by atoms with Gasteiger partial charge in [0.05, 0.1) is 42.7 Å². The molecule has 0 saturated heterocycles. The van der Waals surface area contributed by atoms with E-state index in [0.29, 0.717) is 34.6 Å². The van der Waals surface area contributed by atoms with E-state index in [0.717, 1.165) is 5.56 Å². The molecule has 3 amide bonds. The maximum atomic E-state index is 13.3. The van der Waals surface area contributed by atoms with Gasteiger partial charge in [-0.05, 0) is 42.3 Å². The van der Waals surface area contributed by atoms with Crippen molar-refractivity contribution in [1.29, 1.82) is 0 Å². The first-order valence-electron chi connectivity index (χ1n) is 11.5. The minimum Gasteiger partial charge on any atom is -0.493 e. The van der Waals surface area contributed by atoms with Crippen molar-refractivity contribution in [2.75, 3.05) is 31.4 Å². The van der Waals surface area contributed by atoms with Gasteiger partial charge in [0, 0.05) is 18.3 Å². The molecule has 0 unspecified atom stereocenters. The van der Waals surface area contributed by atoms with E-state index in [-0.39, 0.29) is 23.5 Å². The molecule has 4 aromatic rings. The zero-order valence-corrected chi connectivity index (χ0v) is 20.6. The molecular formula is C27H25N5O6. The van der Waals surface area contributed by atoms with Gasteiger partial charge in [-0.2, -0.15) is 0 Å². The molecule has 0 atom stereocenters. The minimum absolute atomic E-state index is 0.0813. The largest absolute Gasteiger partial charge is 0.493 e. The third kappa shape index (κ3) is 6.13. The summed E-state index contributed by atoms with van der Waals surface area (Å²) in [5.41, 5.74) is 3.03. The monoisotopic (exact) mass is 515 g/mol. The van der Waals surface area contributed by atoms with E-state index >= 15 is 0 Å². The first kappa shape index (κ1) is 25.9. The van der Waals surface area contributed by atoms with Crippen LogP contribution in [0.3, 0.4) is 0 Å². The Morgan fingerprint density at radius 1 is 0.868 bits per heavy atom. The number of carbonyl (C=O) groups is 3. The number of nitrogens with one attached hydrogen (secondary N) is 3. The van der Waals surface area contributed by atoms with E-state index in [1.165, 1.54) is 32.5 Å². The second-order valence-electron chi connectivity index (χ2n) is 8.08. The predicted molar refractivity (Wildman–Crippen MR) is 141 cm³/mol. The Hall–Kier alpha value is -5.19. The summed E-state index contributed by atoms with van der Waals surface area (Å²) in [4.78, 5) is 45.6. The van der Waals surface area contributed by atoms with E-state index in [1.54, 1.807) is 42.5 Å². The number of anilines is 2. The highest BCUT2D eigenvalue weighted by Gasteiger charge is 2.20. The lowest BCUT2D eigenvalue weighted by atomic mass is 10.1. The van der Waals surface area contributed by atoms with E-state index in [4.69, 9.17) is 14.6 Å². The van der Waals surface area contributed by atoms with Crippen LogP contribution in [0.5, 0.6) is 11.5 Å². The standard InChI is InChI=1S/C27H25N5O6/c1-37-23-13-18(25(33)30-17-9-7-16(8-10-17)11-12-28-27(35)36)21(14-24(23)38-2)32-26(34)22-15-29-19-5-3-4-6-20(19)31-22/h3-10,13-15,28H,11-12H2,1-2H3,(H,30,33)(H,32,34)(H,35,36). The van der Waals surface area contributed by atoms with Gasteiger partial charge >= 0.3 is 6.09 Å². The maximum Gasteiger partial charge on any atom is 0.404 e. The number of benzene rings is 3. The number of hydrogen-bond acceptors (Lipinski definition) is 7. The number of ether oxygens (including phenoxy) is 2. The summed E-state index contributed by atoms with van der Waals surface area (Å²) in [6, 6.07) is 17.1. The molecular weight excluding hydrogens is 490 g/mol. The maximum absolute atomic E-state index is 13.3. The lowest BCUT2D eigenvalue weighted by molar-refractivity contribution is 0.102. The zero-order valence-electron chi connectivity index (χ0n) is 20.6. The Morgan fingerprint density at radius 2 is 1.55 bits per heavy atom. The Balaban J connectivity index is 1.57. The summed E-state index contributed by atoms with van der Waals surface area (Å²) in [6.45, 7) is 0.275. The molecule has 4 N–H and O–H groups in total. The molecule has 194 valence electrons. The summed E-state index contributed by atoms with van der Waals surface area (Å²) in [5.74, 6) is -0.416. The van der Waals surface area contributed by atoms with Gasteiger partial charge in [-0.25, -0.2) is 9.78 Å². The van der Waals surface area contributed by atoms with Gasteiger partial charge in [-0.3, -0.25) is 14.6 Å². The van der Waals surface area contributed by atoms with Crippen molar-refractivity contribution in [1.82, 2.24) is 15.3 Å². The Labute approximate surface area is 217 Å². The van der Waals surface area contributed by atoms with Crippen LogP contribution in [0.2, 0.25) is 0 Å². The lowest BCUT2D eigenvalue weighted by Gasteiger charge is -2.16. The molecule has 0 aliphatic carbocycles. The van der Waals surface area contributed by atoms with Crippen LogP contribution < -0.4 is 25.4 Å². The number of carboxylic acid groups (broad SMARTS) is 1. The van der Waals surface area contributed by atoms with E-state index in [2.05, 4.69) is 25.9 Å². The average Bonchev–Trinajstić information content (AvgIpc) is 2.93. The van der Waals surface area contributed by atoms with E-state index in [9.17, 15) is 14.4 Å². The van der Waals surface area contributed by atoms with Crippen LogP contribution in [-0.4, -0.2) is 53.7 Å². The quantitative estimate of drug-likeness (QED) is 0.261. The molecule has 0 bridgehead atoms. The summed E-state index contributed by atoms with van der Waals surface area (Å²) in [5, 5.41) is 16.5. The minimum atomic E-state index is -1.08. The highest BCUT2D eigenvalue weighted by molar-refractivity contribution is 6.12. The van der Waals surface area contributed by atoms with Crippen molar-refractivity contribution in [2.45, 2.75) is 6.42 Å². The number of carbonyl (C=O) groups excluding carboxylic acids is 2. The molecule has 0 aliphatic heterocycles. The van der Waals surface area contributed by atoms with Gasteiger partial charge in [0.1, 0.15) is 5.69 Å². The fourth-order valence-electron chi connectivity index (χ4n) is 3.69. The van der Waals surface area contributed by atoms with Gasteiger partial charge in [0.25, 0.3) is 11.8 Å². The van der Waals surface area contributed by atoms with Gasteiger partial charge in [-0.15, -0.1) is 0 Å². The molecule has 0 fully saturated rings. The highest BCUT2D eigenvalue weighted by Crippen LogP contribution is 2.34. The smallest absolute Gasteiger partial charge is 0.404 e. The lowest BCUT2D eigenvalue weighted by Crippen LogP contribution is -2.23.